The molecule has 0 aromatic heterocycles. The van der Waals surface area contributed by atoms with Gasteiger partial charge in [-0.3, -0.25) is 14.6 Å². The van der Waals surface area contributed by atoms with Gasteiger partial charge >= 0.3 is 0 Å². The van der Waals surface area contributed by atoms with Crippen molar-refractivity contribution in [2.75, 3.05) is 5.32 Å². The number of amidine groups is 1. The van der Waals surface area contributed by atoms with Gasteiger partial charge in [0.2, 0.25) is 11.8 Å². The summed E-state index contributed by atoms with van der Waals surface area (Å²) >= 11 is 1.09. The van der Waals surface area contributed by atoms with Gasteiger partial charge in [-0.25, -0.2) is 13.2 Å². The van der Waals surface area contributed by atoms with Gasteiger partial charge in [0.1, 0.15) is 22.7 Å². The number of halogens is 3. The van der Waals surface area contributed by atoms with Crippen molar-refractivity contribution < 1.29 is 22.8 Å². The van der Waals surface area contributed by atoms with Crippen molar-refractivity contribution in [2.45, 2.75) is 18.2 Å². The minimum Gasteiger partial charge on any atom is -0.324 e. The van der Waals surface area contributed by atoms with Crippen molar-refractivity contribution in [3.8, 4) is 0 Å². The van der Waals surface area contributed by atoms with Crippen LogP contribution in [0, 0.1) is 17.5 Å². The number of thioether (sulfide) groups is 1. The maximum atomic E-state index is 13.6. The summed E-state index contributed by atoms with van der Waals surface area (Å²) in [4.78, 5) is 28.2. The van der Waals surface area contributed by atoms with Gasteiger partial charge in [0, 0.05) is 12.5 Å². The maximum Gasteiger partial charge on any atom is 0.240 e. The number of anilines is 1. The van der Waals surface area contributed by atoms with E-state index in [0.717, 1.165) is 29.5 Å². The zero-order chi connectivity index (χ0) is 19.4. The normalized spacial score (nSPS) is 17.8. The van der Waals surface area contributed by atoms with Crippen LogP contribution in [0.1, 0.15) is 12.0 Å². The monoisotopic (exact) mass is 393 g/mol. The van der Waals surface area contributed by atoms with Crippen LogP contribution in [0.25, 0.3) is 0 Å². The topological polar surface area (TPSA) is 70.6 Å². The molecule has 5 nitrogen and oxygen atoms in total. The van der Waals surface area contributed by atoms with E-state index in [1.54, 1.807) is 12.1 Å². The Morgan fingerprint density at radius 1 is 1.11 bits per heavy atom. The van der Waals surface area contributed by atoms with Crippen molar-refractivity contribution in [3.63, 3.8) is 0 Å². The average Bonchev–Trinajstić information content (AvgIpc) is 2.96. The molecule has 2 aromatic carbocycles. The lowest BCUT2D eigenvalue weighted by Gasteiger charge is -2.08. The molecule has 140 valence electrons. The Kier molecular flexibility index (Phi) is 5.80. The fraction of sp³-hybridized carbons (Fsp3) is 0.167. The van der Waals surface area contributed by atoms with Gasteiger partial charge in [0.25, 0.3) is 0 Å². The SMILES string of the molecule is O=C(C[C@H]1SC(=NCc2ccc(F)cc2)NC1=O)Nc1ccc(F)cc1F. The summed E-state index contributed by atoms with van der Waals surface area (Å²) in [6.07, 6.45) is -0.192. The second-order valence-corrected chi connectivity index (χ2v) is 6.91. The fourth-order valence-corrected chi connectivity index (χ4v) is 3.30. The minimum atomic E-state index is -0.895. The van der Waals surface area contributed by atoms with Crippen molar-refractivity contribution in [1.29, 1.82) is 0 Å². The van der Waals surface area contributed by atoms with Crippen LogP contribution in [-0.4, -0.2) is 22.2 Å². The molecule has 9 heteroatoms. The van der Waals surface area contributed by atoms with Crippen LogP contribution in [0.15, 0.2) is 47.5 Å². The van der Waals surface area contributed by atoms with Gasteiger partial charge in [-0.2, -0.15) is 0 Å². The molecule has 1 aliphatic heterocycles. The lowest BCUT2D eigenvalue weighted by atomic mass is 10.2. The molecule has 1 fully saturated rings. The molecular formula is C18H14F3N3O2S. The standard InChI is InChI=1S/C18H14F3N3O2S/c19-11-3-1-10(2-4-11)9-22-18-24-17(26)15(27-18)8-16(25)23-14-6-5-12(20)7-13(14)21/h1-7,15H,8-9H2,(H,23,25)(H,22,24,26)/t15-/m1/s1. The van der Waals surface area contributed by atoms with Gasteiger partial charge in [0.05, 0.1) is 12.2 Å². The number of aliphatic imine (C=N–C) groups is 1. The molecular weight excluding hydrogens is 379 g/mol. The molecule has 1 heterocycles. The Morgan fingerprint density at radius 2 is 1.81 bits per heavy atom. The smallest absolute Gasteiger partial charge is 0.240 e. The maximum absolute atomic E-state index is 13.6. The molecule has 3 rings (SSSR count). The number of carbonyl (C=O) groups is 2. The molecule has 2 N–H and O–H groups in total. The number of amides is 2. The molecule has 0 spiro atoms. The highest BCUT2D eigenvalue weighted by Crippen LogP contribution is 2.24. The first-order valence-electron chi connectivity index (χ1n) is 7.92. The molecule has 0 aliphatic carbocycles. The lowest BCUT2D eigenvalue weighted by molar-refractivity contribution is -0.122. The Hall–Kier alpha value is -2.81. The zero-order valence-electron chi connectivity index (χ0n) is 13.8. The second kappa shape index (κ2) is 8.26. The second-order valence-electron chi connectivity index (χ2n) is 5.72. The van der Waals surface area contributed by atoms with E-state index in [0.29, 0.717) is 11.2 Å². The van der Waals surface area contributed by atoms with Crippen molar-refractivity contribution >= 4 is 34.4 Å². The molecule has 1 aliphatic rings. The predicted octanol–water partition coefficient (Wildman–Crippen LogP) is 3.22. The Bertz CT molecular complexity index is 903. The molecule has 0 unspecified atom stereocenters. The number of nitrogens with zero attached hydrogens (tertiary/aromatic N) is 1. The van der Waals surface area contributed by atoms with E-state index in [-0.39, 0.29) is 30.4 Å². The number of hydrogen-bond donors (Lipinski definition) is 2. The van der Waals surface area contributed by atoms with Crippen LogP contribution in [-0.2, 0) is 16.1 Å². The predicted molar refractivity (Wildman–Crippen MR) is 96.7 cm³/mol. The van der Waals surface area contributed by atoms with Crippen LogP contribution in [0.2, 0.25) is 0 Å². The van der Waals surface area contributed by atoms with E-state index < -0.39 is 22.8 Å². The summed E-state index contributed by atoms with van der Waals surface area (Å²) in [7, 11) is 0. The first-order chi connectivity index (χ1) is 12.9. The Labute approximate surface area is 157 Å². The molecule has 0 radical (unpaired) electrons. The van der Waals surface area contributed by atoms with Crippen LogP contribution in [0.4, 0.5) is 18.9 Å². The molecule has 2 amide bonds. The van der Waals surface area contributed by atoms with Gasteiger partial charge in [-0.05, 0) is 29.8 Å². The summed E-state index contributed by atoms with van der Waals surface area (Å²) in [6, 6.07) is 8.60. The van der Waals surface area contributed by atoms with Gasteiger partial charge in [-0.15, -0.1) is 0 Å². The number of hydrogen-bond acceptors (Lipinski definition) is 4. The first-order valence-corrected chi connectivity index (χ1v) is 8.80. The molecule has 1 atom stereocenters. The summed E-state index contributed by atoms with van der Waals surface area (Å²) in [6.45, 7) is 0.253. The molecule has 1 saturated heterocycles. The molecule has 27 heavy (non-hydrogen) atoms. The zero-order valence-corrected chi connectivity index (χ0v) is 14.7. The number of benzene rings is 2. The van der Waals surface area contributed by atoms with Gasteiger partial charge in [0.15, 0.2) is 5.17 Å². The molecule has 2 aromatic rings. The summed E-state index contributed by atoms with van der Waals surface area (Å²) in [5.74, 6) is -2.95. The van der Waals surface area contributed by atoms with Crippen LogP contribution in [0.5, 0.6) is 0 Å². The summed E-state index contributed by atoms with van der Waals surface area (Å²) in [5, 5.41) is 4.53. The summed E-state index contributed by atoms with van der Waals surface area (Å²) < 4.78 is 39.3. The fourth-order valence-electron chi connectivity index (χ4n) is 2.33. The number of carbonyl (C=O) groups excluding carboxylic acids is 2. The first kappa shape index (κ1) is 19.0. The largest absolute Gasteiger partial charge is 0.324 e. The van der Waals surface area contributed by atoms with Crippen LogP contribution in [0.3, 0.4) is 0 Å². The van der Waals surface area contributed by atoms with E-state index in [4.69, 9.17) is 0 Å². The van der Waals surface area contributed by atoms with Gasteiger partial charge in [-0.1, -0.05) is 23.9 Å². The van der Waals surface area contributed by atoms with E-state index in [2.05, 4.69) is 15.6 Å². The van der Waals surface area contributed by atoms with E-state index in [1.807, 2.05) is 0 Å². The van der Waals surface area contributed by atoms with E-state index in [9.17, 15) is 22.8 Å². The quantitative estimate of drug-likeness (QED) is 0.820. The Morgan fingerprint density at radius 3 is 2.52 bits per heavy atom. The van der Waals surface area contributed by atoms with Crippen LogP contribution >= 0.6 is 11.8 Å². The third kappa shape index (κ3) is 5.10. The third-order valence-corrected chi connectivity index (χ3v) is 4.79. The average molecular weight is 393 g/mol. The van der Waals surface area contributed by atoms with E-state index >= 15 is 0 Å². The molecule has 0 bridgehead atoms. The van der Waals surface area contributed by atoms with E-state index in [1.165, 1.54) is 12.1 Å². The highest BCUT2D eigenvalue weighted by atomic mass is 32.2. The third-order valence-electron chi connectivity index (χ3n) is 3.67. The number of rotatable bonds is 5. The lowest BCUT2D eigenvalue weighted by Crippen LogP contribution is -2.28. The van der Waals surface area contributed by atoms with Crippen molar-refractivity contribution in [2.24, 2.45) is 4.99 Å². The molecule has 0 saturated carbocycles. The summed E-state index contributed by atoms with van der Waals surface area (Å²) in [5.41, 5.74) is 0.613. The number of nitrogens with one attached hydrogen (secondary N) is 2. The van der Waals surface area contributed by atoms with Crippen molar-refractivity contribution in [1.82, 2.24) is 5.32 Å². The van der Waals surface area contributed by atoms with Crippen LogP contribution < -0.4 is 10.6 Å². The minimum absolute atomic E-state index is 0.157. The highest BCUT2D eigenvalue weighted by molar-refractivity contribution is 8.15. The highest BCUT2D eigenvalue weighted by Gasteiger charge is 2.32. The van der Waals surface area contributed by atoms with Crippen molar-refractivity contribution in [3.05, 3.63) is 65.5 Å². The Balaban J connectivity index is 1.56. The van der Waals surface area contributed by atoms with Gasteiger partial charge < -0.3 is 10.6 Å².